The van der Waals surface area contributed by atoms with Crippen molar-refractivity contribution in [3.63, 3.8) is 0 Å². The second-order valence-corrected chi connectivity index (χ2v) is 2.84. The van der Waals surface area contributed by atoms with E-state index in [1.807, 2.05) is 18.3 Å². The molecule has 0 spiro atoms. The third-order valence-corrected chi connectivity index (χ3v) is 2.02. The minimum absolute atomic E-state index is 0.603. The zero-order valence-corrected chi connectivity index (χ0v) is 7.88. The molecule has 1 aromatic rings. The Hall–Kier alpha value is -0.820. The number of pyridine rings is 1. The summed E-state index contributed by atoms with van der Waals surface area (Å²) in [6.45, 7) is 2.10. The molecule has 0 saturated heterocycles. The van der Waals surface area contributed by atoms with Crippen molar-refractivity contribution >= 4 is 17.7 Å². The summed E-state index contributed by atoms with van der Waals surface area (Å²) in [5.41, 5.74) is 2.36. The van der Waals surface area contributed by atoms with Crippen molar-refractivity contribution in [1.29, 1.82) is 0 Å². The quantitative estimate of drug-likeness (QED) is 0.653. The molecule has 0 N–H and O–H groups in total. The second-order valence-electron chi connectivity index (χ2n) is 2.58. The third-order valence-electron chi connectivity index (χ3n) is 1.68. The molecule has 2 heteroatoms. The number of allylic oxidation sites excluding steroid dienone is 1. The maximum atomic E-state index is 5.73. The number of alkyl halides is 1. The van der Waals surface area contributed by atoms with Crippen LogP contribution in [0.25, 0.3) is 6.08 Å². The molecule has 0 atom stereocenters. The SMILES string of the molecule is CCC(=Cc1cccnc1)CCl. The van der Waals surface area contributed by atoms with Crippen LogP contribution < -0.4 is 0 Å². The first-order chi connectivity index (χ1) is 5.86. The van der Waals surface area contributed by atoms with Crippen LogP contribution in [0.3, 0.4) is 0 Å². The number of hydrogen-bond acceptors (Lipinski definition) is 1. The van der Waals surface area contributed by atoms with E-state index in [9.17, 15) is 0 Å². The number of halogens is 1. The van der Waals surface area contributed by atoms with Gasteiger partial charge in [0.05, 0.1) is 0 Å². The molecule has 64 valence electrons. The van der Waals surface area contributed by atoms with Crippen LogP contribution in [-0.2, 0) is 0 Å². The fourth-order valence-corrected chi connectivity index (χ4v) is 1.20. The maximum Gasteiger partial charge on any atom is 0.0436 e. The highest BCUT2D eigenvalue weighted by atomic mass is 35.5. The average molecular weight is 182 g/mol. The van der Waals surface area contributed by atoms with E-state index >= 15 is 0 Å². The van der Waals surface area contributed by atoms with E-state index < -0.39 is 0 Å². The first-order valence-corrected chi connectivity index (χ1v) is 4.55. The molecule has 0 aliphatic heterocycles. The summed E-state index contributed by atoms with van der Waals surface area (Å²) in [7, 11) is 0. The molecule has 0 aromatic carbocycles. The van der Waals surface area contributed by atoms with Gasteiger partial charge in [0.1, 0.15) is 0 Å². The summed E-state index contributed by atoms with van der Waals surface area (Å²) in [5, 5.41) is 0. The third kappa shape index (κ3) is 2.67. The van der Waals surface area contributed by atoms with Crippen LogP contribution >= 0.6 is 11.6 Å². The normalized spacial score (nSPS) is 11.7. The van der Waals surface area contributed by atoms with Crippen LogP contribution in [0.2, 0.25) is 0 Å². The molecule has 0 aliphatic rings. The predicted octanol–water partition coefficient (Wildman–Crippen LogP) is 3.11. The Morgan fingerprint density at radius 3 is 3.00 bits per heavy atom. The van der Waals surface area contributed by atoms with E-state index in [1.54, 1.807) is 6.20 Å². The van der Waals surface area contributed by atoms with Gasteiger partial charge in [-0.25, -0.2) is 0 Å². The molecule has 1 nitrogen and oxygen atoms in total. The van der Waals surface area contributed by atoms with E-state index in [4.69, 9.17) is 11.6 Å². The number of aromatic nitrogens is 1. The Bertz CT molecular complexity index is 248. The Labute approximate surface area is 78.1 Å². The number of rotatable bonds is 3. The van der Waals surface area contributed by atoms with Crippen molar-refractivity contribution < 1.29 is 0 Å². The zero-order chi connectivity index (χ0) is 8.81. The van der Waals surface area contributed by atoms with E-state index in [1.165, 1.54) is 5.57 Å². The van der Waals surface area contributed by atoms with Crippen molar-refractivity contribution in [2.24, 2.45) is 0 Å². The number of nitrogens with zero attached hydrogens (tertiary/aromatic N) is 1. The first kappa shape index (κ1) is 9.27. The maximum absolute atomic E-state index is 5.73. The van der Waals surface area contributed by atoms with Crippen molar-refractivity contribution in [1.82, 2.24) is 4.98 Å². The lowest BCUT2D eigenvalue weighted by Crippen LogP contribution is -1.82. The van der Waals surface area contributed by atoms with Gasteiger partial charge in [0.2, 0.25) is 0 Å². The molecule has 0 radical (unpaired) electrons. The van der Waals surface area contributed by atoms with Crippen molar-refractivity contribution in [2.45, 2.75) is 13.3 Å². The molecule has 0 bridgehead atoms. The molecule has 1 rings (SSSR count). The van der Waals surface area contributed by atoms with Crippen molar-refractivity contribution in [3.8, 4) is 0 Å². The van der Waals surface area contributed by atoms with E-state index in [0.717, 1.165) is 12.0 Å². The smallest absolute Gasteiger partial charge is 0.0436 e. The van der Waals surface area contributed by atoms with Crippen LogP contribution in [0.1, 0.15) is 18.9 Å². The van der Waals surface area contributed by atoms with Crippen LogP contribution in [-0.4, -0.2) is 10.9 Å². The second kappa shape index (κ2) is 4.94. The molecular formula is C10H12ClN. The zero-order valence-electron chi connectivity index (χ0n) is 7.13. The summed E-state index contributed by atoms with van der Waals surface area (Å²) in [5.74, 6) is 0.603. The lowest BCUT2D eigenvalue weighted by atomic mass is 10.1. The highest BCUT2D eigenvalue weighted by Crippen LogP contribution is 2.09. The molecule has 0 amide bonds. The molecule has 1 heterocycles. The van der Waals surface area contributed by atoms with Crippen molar-refractivity contribution in [2.75, 3.05) is 5.88 Å². The van der Waals surface area contributed by atoms with Gasteiger partial charge in [-0.05, 0) is 18.1 Å². The Kier molecular flexibility index (Phi) is 3.81. The molecule has 0 unspecified atom stereocenters. The van der Waals surface area contributed by atoms with Gasteiger partial charge in [0.15, 0.2) is 0 Å². The molecule has 1 aromatic heterocycles. The van der Waals surface area contributed by atoms with Crippen LogP contribution in [0.5, 0.6) is 0 Å². The van der Waals surface area contributed by atoms with Gasteiger partial charge in [-0.2, -0.15) is 0 Å². The lowest BCUT2D eigenvalue weighted by molar-refractivity contribution is 1.12. The lowest BCUT2D eigenvalue weighted by Gasteiger charge is -1.97. The minimum Gasteiger partial charge on any atom is -0.264 e. The van der Waals surface area contributed by atoms with Gasteiger partial charge >= 0.3 is 0 Å². The number of hydrogen-bond donors (Lipinski definition) is 0. The van der Waals surface area contributed by atoms with Gasteiger partial charge in [0, 0.05) is 18.3 Å². The predicted molar refractivity (Wildman–Crippen MR) is 53.2 cm³/mol. The topological polar surface area (TPSA) is 12.9 Å². The summed E-state index contributed by atoms with van der Waals surface area (Å²) in [6.07, 6.45) is 6.68. The minimum atomic E-state index is 0.603. The van der Waals surface area contributed by atoms with Crippen molar-refractivity contribution in [3.05, 3.63) is 35.7 Å². The van der Waals surface area contributed by atoms with Crippen LogP contribution in [0.15, 0.2) is 30.1 Å². The Morgan fingerprint density at radius 2 is 2.50 bits per heavy atom. The largest absolute Gasteiger partial charge is 0.264 e. The molecular weight excluding hydrogens is 170 g/mol. The summed E-state index contributed by atoms with van der Waals surface area (Å²) >= 11 is 5.73. The molecule has 12 heavy (non-hydrogen) atoms. The van der Waals surface area contributed by atoms with Gasteiger partial charge in [-0.3, -0.25) is 4.98 Å². The molecule has 0 fully saturated rings. The fraction of sp³-hybridized carbons (Fsp3) is 0.300. The first-order valence-electron chi connectivity index (χ1n) is 4.02. The monoisotopic (exact) mass is 181 g/mol. The van der Waals surface area contributed by atoms with Crippen LogP contribution in [0, 0.1) is 0 Å². The average Bonchev–Trinajstić information content (AvgIpc) is 2.16. The van der Waals surface area contributed by atoms with Gasteiger partial charge in [-0.15, -0.1) is 11.6 Å². The van der Waals surface area contributed by atoms with Gasteiger partial charge in [0.25, 0.3) is 0 Å². The standard InChI is InChI=1S/C10H12ClN/c1-2-9(7-11)6-10-4-3-5-12-8-10/h3-6,8H,2,7H2,1H3. The van der Waals surface area contributed by atoms with E-state index in [-0.39, 0.29) is 0 Å². The van der Waals surface area contributed by atoms with Crippen LogP contribution in [0.4, 0.5) is 0 Å². The summed E-state index contributed by atoms with van der Waals surface area (Å²) in [6, 6.07) is 3.95. The van der Waals surface area contributed by atoms with Gasteiger partial charge in [-0.1, -0.05) is 24.6 Å². The van der Waals surface area contributed by atoms with E-state index in [2.05, 4.69) is 18.0 Å². The van der Waals surface area contributed by atoms with E-state index in [0.29, 0.717) is 5.88 Å². The molecule has 0 aliphatic carbocycles. The molecule has 0 saturated carbocycles. The highest BCUT2D eigenvalue weighted by Gasteiger charge is 1.91. The highest BCUT2D eigenvalue weighted by molar-refractivity contribution is 6.19. The summed E-state index contributed by atoms with van der Waals surface area (Å²) < 4.78 is 0. The Morgan fingerprint density at radius 1 is 1.67 bits per heavy atom. The fourth-order valence-electron chi connectivity index (χ4n) is 0.932. The Balaban J connectivity index is 2.79. The van der Waals surface area contributed by atoms with Gasteiger partial charge < -0.3 is 0 Å². The summed E-state index contributed by atoms with van der Waals surface area (Å²) in [4.78, 5) is 4.02.